The minimum absolute atomic E-state index is 0.0566. The van der Waals surface area contributed by atoms with Gasteiger partial charge in [0.1, 0.15) is 5.82 Å². The number of unbranched alkanes of at least 4 members (excludes halogenated alkanes) is 5. The summed E-state index contributed by atoms with van der Waals surface area (Å²) in [5.74, 6) is -1.17. The molecule has 0 aliphatic heterocycles. The van der Waals surface area contributed by atoms with Crippen molar-refractivity contribution in [3.8, 4) is 28.0 Å². The van der Waals surface area contributed by atoms with E-state index in [-0.39, 0.29) is 17.1 Å². The van der Waals surface area contributed by atoms with Crippen LogP contribution in [0.1, 0.15) is 89.5 Å². The van der Waals surface area contributed by atoms with E-state index < -0.39 is 11.6 Å². The Balaban J connectivity index is 1.39. The minimum atomic E-state index is -0.969. The second kappa shape index (κ2) is 14.4. The number of hydrogen-bond acceptors (Lipinski definition) is 1. The maximum absolute atomic E-state index is 15.1. The Morgan fingerprint density at radius 2 is 1.38 bits per heavy atom. The van der Waals surface area contributed by atoms with Crippen molar-refractivity contribution in [2.45, 2.75) is 84.0 Å². The molecule has 4 heteroatoms. The molecule has 0 saturated heterocycles. The molecule has 0 amide bonds. The first-order chi connectivity index (χ1) is 19.0. The van der Waals surface area contributed by atoms with Crippen molar-refractivity contribution in [2.24, 2.45) is 5.92 Å². The van der Waals surface area contributed by atoms with Crippen molar-refractivity contribution in [1.29, 1.82) is 0 Å². The first kappa shape index (κ1) is 29.0. The third-order valence-corrected chi connectivity index (χ3v) is 8.01. The molecular weight excluding hydrogens is 493 g/mol. The molecule has 208 valence electrons. The summed E-state index contributed by atoms with van der Waals surface area (Å²) < 4.78 is 50.3. The van der Waals surface area contributed by atoms with Gasteiger partial charge in [-0.05, 0) is 85.8 Å². The van der Waals surface area contributed by atoms with E-state index in [0.717, 1.165) is 50.5 Å². The fourth-order valence-electron chi connectivity index (χ4n) is 5.70. The summed E-state index contributed by atoms with van der Waals surface area (Å²) in [4.78, 5) is 0. The summed E-state index contributed by atoms with van der Waals surface area (Å²) in [6.07, 6.45) is 15.4. The monoisotopic (exact) mass is 534 g/mol. The van der Waals surface area contributed by atoms with Gasteiger partial charge in [-0.2, -0.15) is 4.39 Å². The van der Waals surface area contributed by atoms with Crippen molar-refractivity contribution >= 4 is 0 Å². The largest absolute Gasteiger partial charge is 0.490 e. The van der Waals surface area contributed by atoms with E-state index in [9.17, 15) is 8.78 Å². The second-order valence-electron chi connectivity index (χ2n) is 10.8. The molecule has 0 atom stereocenters. The molecule has 3 aromatic carbocycles. The van der Waals surface area contributed by atoms with Crippen LogP contribution in [0.25, 0.3) is 22.3 Å². The maximum Gasteiger partial charge on any atom is 0.201 e. The highest BCUT2D eigenvalue weighted by atomic mass is 19.2. The summed E-state index contributed by atoms with van der Waals surface area (Å²) in [5, 5.41) is 0. The topological polar surface area (TPSA) is 9.23 Å². The molecule has 39 heavy (non-hydrogen) atoms. The molecule has 0 N–H and O–H groups in total. The Labute approximate surface area is 232 Å². The van der Waals surface area contributed by atoms with Crippen molar-refractivity contribution in [3.05, 3.63) is 89.8 Å². The van der Waals surface area contributed by atoms with Crippen molar-refractivity contribution in [2.75, 3.05) is 6.61 Å². The first-order valence-corrected chi connectivity index (χ1v) is 14.7. The number of allylic oxidation sites excluding steroid dienone is 2. The zero-order valence-corrected chi connectivity index (χ0v) is 23.3. The van der Waals surface area contributed by atoms with E-state index in [2.05, 4.69) is 26.0 Å². The summed E-state index contributed by atoms with van der Waals surface area (Å²) in [6.45, 7) is 4.61. The fraction of sp³-hybridized carbons (Fsp3) is 0.429. The lowest BCUT2D eigenvalue weighted by Gasteiger charge is -2.27. The molecule has 1 fully saturated rings. The fourth-order valence-corrected chi connectivity index (χ4v) is 5.70. The first-order valence-electron chi connectivity index (χ1n) is 14.7. The molecule has 0 heterocycles. The normalized spacial score (nSPS) is 17.6. The van der Waals surface area contributed by atoms with Crippen molar-refractivity contribution < 1.29 is 17.9 Å². The van der Waals surface area contributed by atoms with Crippen LogP contribution in [0.2, 0.25) is 0 Å². The van der Waals surface area contributed by atoms with E-state index in [4.69, 9.17) is 4.74 Å². The molecule has 4 rings (SSSR count). The summed E-state index contributed by atoms with van der Waals surface area (Å²) in [7, 11) is 0. The van der Waals surface area contributed by atoms with Gasteiger partial charge in [0.2, 0.25) is 5.82 Å². The quantitative estimate of drug-likeness (QED) is 0.166. The predicted octanol–water partition coefficient (Wildman–Crippen LogP) is 11.0. The van der Waals surface area contributed by atoms with Gasteiger partial charge in [0.25, 0.3) is 0 Å². The highest BCUT2D eigenvalue weighted by Crippen LogP contribution is 2.38. The second-order valence-corrected chi connectivity index (χ2v) is 10.8. The van der Waals surface area contributed by atoms with Gasteiger partial charge in [0.05, 0.1) is 6.61 Å². The summed E-state index contributed by atoms with van der Waals surface area (Å²) in [5.41, 5.74) is 2.98. The standard InChI is InChI=1S/C35H41F3O/c1-3-5-6-7-8-9-23-39-33-22-21-31(34(37)35(33)38)28-17-15-27(16-18-28)30-20-19-29(24-32(30)36)26-13-11-25(10-4-2)12-14-26/h4,10,15-22,24-26H,3,5-9,11-14,23H2,1-2H3. The van der Waals surface area contributed by atoms with Crippen LogP contribution < -0.4 is 4.74 Å². The van der Waals surface area contributed by atoms with Gasteiger partial charge >= 0.3 is 0 Å². The van der Waals surface area contributed by atoms with E-state index in [1.807, 2.05) is 12.1 Å². The Bertz CT molecular complexity index is 1220. The van der Waals surface area contributed by atoms with Gasteiger partial charge < -0.3 is 4.74 Å². The molecule has 1 saturated carbocycles. The van der Waals surface area contributed by atoms with Gasteiger partial charge in [-0.25, -0.2) is 8.78 Å². The van der Waals surface area contributed by atoms with E-state index in [1.54, 1.807) is 36.4 Å². The SMILES string of the molecule is CC=CC1CCC(c2ccc(-c3ccc(-c4ccc(OCCCCCCCC)c(F)c4F)cc3)c(F)c2)CC1. The highest BCUT2D eigenvalue weighted by molar-refractivity contribution is 5.71. The lowest BCUT2D eigenvalue weighted by atomic mass is 9.78. The molecular formula is C35H41F3O. The Hall–Kier alpha value is -3.01. The van der Waals surface area contributed by atoms with Crippen LogP contribution in [0.5, 0.6) is 5.75 Å². The van der Waals surface area contributed by atoms with Crippen LogP contribution in [-0.4, -0.2) is 6.61 Å². The number of rotatable bonds is 12. The van der Waals surface area contributed by atoms with Crippen LogP contribution in [-0.2, 0) is 0 Å². The van der Waals surface area contributed by atoms with E-state index in [0.29, 0.717) is 35.1 Å². The Kier molecular flexibility index (Phi) is 10.7. The summed E-state index contributed by atoms with van der Waals surface area (Å²) >= 11 is 0. The van der Waals surface area contributed by atoms with E-state index >= 15 is 4.39 Å². The van der Waals surface area contributed by atoms with Gasteiger partial charge in [-0.3, -0.25) is 0 Å². The van der Waals surface area contributed by atoms with Crippen LogP contribution >= 0.6 is 0 Å². The zero-order valence-electron chi connectivity index (χ0n) is 23.3. The van der Waals surface area contributed by atoms with Gasteiger partial charge in [-0.15, -0.1) is 0 Å². The van der Waals surface area contributed by atoms with Crippen LogP contribution in [0.4, 0.5) is 13.2 Å². The van der Waals surface area contributed by atoms with Crippen molar-refractivity contribution in [3.63, 3.8) is 0 Å². The average molecular weight is 535 g/mol. The third kappa shape index (κ3) is 7.56. The highest BCUT2D eigenvalue weighted by Gasteiger charge is 2.22. The number of halogens is 3. The zero-order chi connectivity index (χ0) is 27.6. The Morgan fingerprint density at radius 3 is 2.05 bits per heavy atom. The molecule has 0 unspecified atom stereocenters. The van der Waals surface area contributed by atoms with Crippen molar-refractivity contribution in [1.82, 2.24) is 0 Å². The minimum Gasteiger partial charge on any atom is -0.490 e. The number of benzene rings is 3. The molecule has 1 aliphatic carbocycles. The Morgan fingerprint density at radius 1 is 0.744 bits per heavy atom. The molecule has 0 bridgehead atoms. The molecule has 0 spiro atoms. The molecule has 1 aliphatic rings. The van der Waals surface area contributed by atoms with Crippen LogP contribution in [0.3, 0.4) is 0 Å². The average Bonchev–Trinajstić information content (AvgIpc) is 2.95. The van der Waals surface area contributed by atoms with Crippen LogP contribution in [0.15, 0.2) is 66.7 Å². The van der Waals surface area contributed by atoms with Gasteiger partial charge in [-0.1, -0.05) is 87.6 Å². The number of hydrogen-bond donors (Lipinski definition) is 0. The lowest BCUT2D eigenvalue weighted by molar-refractivity contribution is 0.285. The molecule has 0 radical (unpaired) electrons. The maximum atomic E-state index is 15.1. The van der Waals surface area contributed by atoms with Crippen LogP contribution in [0, 0.1) is 23.4 Å². The molecule has 3 aromatic rings. The lowest BCUT2D eigenvalue weighted by Crippen LogP contribution is -2.12. The third-order valence-electron chi connectivity index (χ3n) is 8.01. The van der Waals surface area contributed by atoms with Gasteiger partial charge in [0, 0.05) is 11.1 Å². The predicted molar refractivity (Wildman–Crippen MR) is 156 cm³/mol. The molecule has 1 nitrogen and oxygen atoms in total. The van der Waals surface area contributed by atoms with E-state index in [1.165, 1.54) is 25.3 Å². The molecule has 0 aromatic heterocycles. The summed E-state index contributed by atoms with van der Waals surface area (Å²) in [6, 6.07) is 15.5. The smallest absolute Gasteiger partial charge is 0.201 e. The number of ether oxygens (including phenoxy) is 1. The van der Waals surface area contributed by atoms with Gasteiger partial charge in [0.15, 0.2) is 11.6 Å².